The molecule has 0 fully saturated rings. The van der Waals surface area contributed by atoms with Gasteiger partial charge >= 0.3 is 15.2 Å². The number of nitrogens with zero attached hydrogens (tertiary/aromatic N) is 3. The maximum absolute atomic E-state index is 15.2. The van der Waals surface area contributed by atoms with E-state index in [0.29, 0.717) is 30.8 Å². The van der Waals surface area contributed by atoms with Gasteiger partial charge in [0.15, 0.2) is 5.40 Å². The van der Waals surface area contributed by atoms with Crippen molar-refractivity contribution in [3.8, 4) is 0 Å². The van der Waals surface area contributed by atoms with Crippen molar-refractivity contribution in [3.63, 3.8) is 0 Å². The molecule has 0 atom stereocenters. The molecular weight excluding hydrogens is 809 g/mol. The first-order chi connectivity index (χ1) is 27.0. The van der Waals surface area contributed by atoms with Crippen molar-refractivity contribution in [3.05, 3.63) is 103 Å². The van der Waals surface area contributed by atoms with Crippen LogP contribution < -0.4 is 13.5 Å². The molecule has 0 radical (unpaired) electrons. The van der Waals surface area contributed by atoms with Gasteiger partial charge < -0.3 is 27.9 Å². The predicted molar refractivity (Wildman–Crippen MR) is 229 cm³/mol. The van der Waals surface area contributed by atoms with Gasteiger partial charge in [0.25, 0.3) is 20.0 Å². The molecule has 0 spiro atoms. The van der Waals surface area contributed by atoms with E-state index in [1.807, 2.05) is 50.1 Å². The topological polar surface area (TPSA) is 149 Å². The van der Waals surface area contributed by atoms with E-state index in [1.165, 1.54) is 36.4 Å². The standard InChI is InChI=1S/C40H51N3O10P2S2/c1-9-50-54(44,51-10-2)40(55(45,52-11-3)53-12-4)29-30-25-27-31(28-26-30)43(56(46,47)38-23-15-17-32-34(38)19-13-21-36(32)41(5)6)57(48,49)39-24-16-18-33-35(39)20-14-22-37(33)42(7)8/h13-28,40H,9-12,29H2,1-8H3. The molecule has 0 saturated heterocycles. The van der Waals surface area contributed by atoms with E-state index in [4.69, 9.17) is 18.1 Å². The van der Waals surface area contributed by atoms with Crippen molar-refractivity contribution in [1.82, 2.24) is 0 Å². The van der Waals surface area contributed by atoms with Crippen molar-refractivity contribution < 1.29 is 44.1 Å². The van der Waals surface area contributed by atoms with E-state index in [-0.39, 0.29) is 48.3 Å². The molecule has 5 aromatic rings. The van der Waals surface area contributed by atoms with Crippen LogP contribution in [0.1, 0.15) is 33.3 Å². The molecule has 0 saturated carbocycles. The fourth-order valence-electron chi connectivity index (χ4n) is 6.84. The van der Waals surface area contributed by atoms with Crippen LogP contribution in [0, 0.1) is 0 Å². The van der Waals surface area contributed by atoms with Crippen LogP contribution >= 0.6 is 15.2 Å². The van der Waals surface area contributed by atoms with E-state index in [1.54, 1.807) is 76.2 Å². The van der Waals surface area contributed by atoms with E-state index < -0.39 is 40.6 Å². The van der Waals surface area contributed by atoms with E-state index in [2.05, 4.69) is 0 Å². The summed E-state index contributed by atoms with van der Waals surface area (Å²) in [5.74, 6) is 0. The molecule has 0 bridgehead atoms. The smallest absolute Gasteiger partial charge is 0.346 e. The quantitative estimate of drug-likeness (QED) is 0.0729. The number of fused-ring (bicyclic) bond motifs is 2. The number of hydrogen-bond donors (Lipinski definition) is 0. The third-order valence-corrected chi connectivity index (χ3v) is 19.5. The van der Waals surface area contributed by atoms with Gasteiger partial charge in [-0.05, 0) is 76.1 Å². The minimum absolute atomic E-state index is 0.00987. The van der Waals surface area contributed by atoms with Crippen LogP contribution in [0.5, 0.6) is 0 Å². The summed E-state index contributed by atoms with van der Waals surface area (Å²) in [5.41, 5.74) is 1.72. The van der Waals surface area contributed by atoms with Gasteiger partial charge in [-0.2, -0.15) is 20.5 Å². The Bertz CT molecular complexity index is 2360. The number of benzene rings is 5. The molecule has 0 aliphatic heterocycles. The molecule has 0 amide bonds. The number of sulfonamides is 2. The lowest BCUT2D eigenvalue weighted by Crippen LogP contribution is -2.37. The Morgan fingerprint density at radius 1 is 0.509 bits per heavy atom. The summed E-state index contributed by atoms with van der Waals surface area (Å²) < 4.78 is 112. The molecule has 0 aliphatic rings. The Morgan fingerprint density at radius 3 is 1.21 bits per heavy atom. The first kappa shape index (κ1) is 44.3. The van der Waals surface area contributed by atoms with Gasteiger partial charge in [0.1, 0.15) is 0 Å². The number of anilines is 3. The molecule has 5 rings (SSSR count). The molecule has 0 unspecified atom stereocenters. The van der Waals surface area contributed by atoms with Gasteiger partial charge in [-0.3, -0.25) is 9.13 Å². The highest BCUT2D eigenvalue weighted by Crippen LogP contribution is 2.71. The van der Waals surface area contributed by atoms with Gasteiger partial charge in [0.2, 0.25) is 0 Å². The second-order valence-electron chi connectivity index (χ2n) is 13.4. The Hall–Kier alpha value is -3.78. The maximum atomic E-state index is 15.2. The second-order valence-corrected chi connectivity index (χ2v) is 21.9. The molecule has 17 heteroatoms. The number of rotatable bonds is 19. The van der Waals surface area contributed by atoms with Gasteiger partial charge in [-0.1, -0.05) is 60.7 Å². The molecule has 57 heavy (non-hydrogen) atoms. The van der Waals surface area contributed by atoms with Crippen LogP contribution in [-0.2, 0) is 53.7 Å². The zero-order chi connectivity index (χ0) is 41.8. The minimum Gasteiger partial charge on any atom is -0.377 e. The largest absolute Gasteiger partial charge is 0.377 e. The van der Waals surface area contributed by atoms with Crippen LogP contribution in [-0.4, -0.2) is 76.9 Å². The van der Waals surface area contributed by atoms with Crippen LogP contribution in [0.2, 0.25) is 0 Å². The lowest BCUT2D eigenvalue weighted by Gasteiger charge is -2.31. The third kappa shape index (κ3) is 8.82. The molecular formula is C40H51N3O10P2S2. The van der Waals surface area contributed by atoms with Gasteiger partial charge in [0, 0.05) is 61.1 Å². The van der Waals surface area contributed by atoms with Gasteiger partial charge in [-0.15, -0.1) is 0 Å². The monoisotopic (exact) mass is 859 g/mol. The van der Waals surface area contributed by atoms with Gasteiger partial charge in [0.05, 0.1) is 41.9 Å². The first-order valence-electron chi connectivity index (χ1n) is 18.6. The third-order valence-electron chi connectivity index (χ3n) is 9.21. The fourth-order valence-corrected chi connectivity index (χ4v) is 16.3. The minimum atomic E-state index is -4.89. The SMILES string of the molecule is CCOP(=O)(OCC)C(Cc1ccc(N(S(=O)(=O)c2cccc3c(N(C)C)cccc23)S(=O)(=O)c2cccc3c(N(C)C)cccc23)cc1)P(=O)(OCC)OCC. The summed E-state index contributed by atoms with van der Waals surface area (Å²) in [6.45, 7) is 6.49. The zero-order valence-electron chi connectivity index (χ0n) is 33.5. The van der Waals surface area contributed by atoms with E-state index >= 15 is 16.8 Å². The fraction of sp³-hybridized carbons (Fsp3) is 0.350. The van der Waals surface area contributed by atoms with E-state index in [0.717, 1.165) is 11.4 Å². The Balaban J connectivity index is 1.74. The van der Waals surface area contributed by atoms with Crippen molar-refractivity contribution in [2.45, 2.75) is 49.3 Å². The van der Waals surface area contributed by atoms with Crippen LogP contribution in [0.25, 0.3) is 21.5 Å². The second kappa shape index (κ2) is 18.0. The van der Waals surface area contributed by atoms with Crippen molar-refractivity contribution >= 4 is 73.8 Å². The number of hydrogen-bond acceptors (Lipinski definition) is 12. The van der Waals surface area contributed by atoms with Gasteiger partial charge in [-0.25, -0.2) is 0 Å². The normalized spacial score (nSPS) is 12.7. The summed E-state index contributed by atoms with van der Waals surface area (Å²) in [6.07, 6.45) is -0.193. The van der Waals surface area contributed by atoms with Crippen LogP contribution in [0.15, 0.2) is 107 Å². The van der Waals surface area contributed by atoms with E-state index in [9.17, 15) is 9.13 Å². The summed E-state index contributed by atoms with van der Waals surface area (Å²) in [4.78, 5) is 3.27. The highest BCUT2D eigenvalue weighted by Gasteiger charge is 2.51. The molecule has 13 nitrogen and oxygen atoms in total. The first-order valence-corrected chi connectivity index (χ1v) is 24.7. The Morgan fingerprint density at radius 2 is 0.860 bits per heavy atom. The molecule has 0 heterocycles. The van der Waals surface area contributed by atoms with Crippen LogP contribution in [0.4, 0.5) is 17.1 Å². The van der Waals surface area contributed by atoms with Crippen molar-refractivity contribution in [2.24, 2.45) is 0 Å². The average molecular weight is 860 g/mol. The molecule has 0 N–H and O–H groups in total. The lowest BCUT2D eigenvalue weighted by molar-refractivity contribution is 0.195. The van der Waals surface area contributed by atoms with Crippen molar-refractivity contribution in [1.29, 1.82) is 0 Å². The van der Waals surface area contributed by atoms with Crippen LogP contribution in [0.3, 0.4) is 0 Å². The zero-order valence-corrected chi connectivity index (χ0v) is 36.9. The molecule has 0 aliphatic carbocycles. The highest BCUT2D eigenvalue weighted by atomic mass is 32.3. The highest BCUT2D eigenvalue weighted by molar-refractivity contribution is 8.10. The summed E-state index contributed by atoms with van der Waals surface area (Å²) >= 11 is 0. The predicted octanol–water partition coefficient (Wildman–Crippen LogP) is 9.11. The lowest BCUT2D eigenvalue weighted by atomic mass is 10.1. The summed E-state index contributed by atoms with van der Waals surface area (Å²) in [7, 11) is -10.7. The molecule has 0 aromatic heterocycles. The summed E-state index contributed by atoms with van der Waals surface area (Å²) in [5, 5.41) is 0.512. The Kier molecular flexibility index (Phi) is 14.0. The summed E-state index contributed by atoms with van der Waals surface area (Å²) in [6, 6.07) is 25.7. The average Bonchev–Trinajstić information content (AvgIpc) is 3.16. The molecule has 5 aromatic carbocycles. The van der Waals surface area contributed by atoms with Crippen molar-refractivity contribution in [2.75, 3.05) is 68.1 Å². The maximum Gasteiger partial charge on any atom is 0.346 e. The Labute approximate surface area is 336 Å². The molecule has 308 valence electrons.